The molecule has 0 bridgehead atoms. The molecule has 0 atom stereocenters. The van der Waals surface area contributed by atoms with Crippen molar-refractivity contribution in [2.75, 3.05) is 6.54 Å². The number of fused-ring (bicyclic) bond motifs is 1. The summed E-state index contributed by atoms with van der Waals surface area (Å²) in [6.07, 6.45) is 2.90. The molecule has 0 spiro atoms. The Morgan fingerprint density at radius 3 is 3.18 bits per heavy atom. The van der Waals surface area contributed by atoms with E-state index in [1.165, 1.54) is 5.56 Å². The molecule has 1 aliphatic heterocycles. The second-order valence-electron chi connectivity index (χ2n) is 5.34. The Bertz CT molecular complexity index is 783. The molecule has 7 heteroatoms. The van der Waals surface area contributed by atoms with Crippen LogP contribution < -0.4 is 0 Å². The maximum Gasteiger partial charge on any atom is 0.241 e. The number of thiophene rings is 1. The molecule has 112 valence electrons. The molecule has 0 saturated carbocycles. The molecule has 4 heterocycles. The van der Waals surface area contributed by atoms with Crippen LogP contribution in [0, 0.1) is 6.92 Å². The number of nitrogens with zero attached hydrogens (tertiary/aromatic N) is 5. The topological polar surface area (TPSA) is 67.9 Å². The van der Waals surface area contributed by atoms with Crippen molar-refractivity contribution in [1.82, 2.24) is 25.0 Å². The number of aromatic nitrogens is 4. The first-order valence-electron chi connectivity index (χ1n) is 7.18. The fraction of sp³-hybridized carbons (Fsp3) is 0.333. The van der Waals surface area contributed by atoms with E-state index in [-0.39, 0.29) is 0 Å². The molecule has 3 aromatic rings. The van der Waals surface area contributed by atoms with Gasteiger partial charge >= 0.3 is 0 Å². The Morgan fingerprint density at radius 2 is 2.32 bits per heavy atom. The molecule has 0 aliphatic carbocycles. The highest BCUT2D eigenvalue weighted by Gasteiger charge is 2.20. The highest BCUT2D eigenvalue weighted by Crippen LogP contribution is 2.23. The van der Waals surface area contributed by atoms with Gasteiger partial charge in [-0.2, -0.15) is 4.98 Å². The van der Waals surface area contributed by atoms with Gasteiger partial charge in [-0.25, -0.2) is 9.97 Å². The van der Waals surface area contributed by atoms with Crippen molar-refractivity contribution in [3.8, 4) is 10.7 Å². The molecule has 0 N–H and O–H groups in total. The fourth-order valence-electron chi connectivity index (χ4n) is 2.61. The summed E-state index contributed by atoms with van der Waals surface area (Å²) in [7, 11) is 0. The second-order valence-corrected chi connectivity index (χ2v) is 6.29. The Hall–Kier alpha value is -2.12. The Kier molecular flexibility index (Phi) is 3.44. The summed E-state index contributed by atoms with van der Waals surface area (Å²) in [6.45, 7) is 4.33. The lowest BCUT2D eigenvalue weighted by atomic mass is 10.1. The van der Waals surface area contributed by atoms with Gasteiger partial charge in [-0.05, 0) is 30.4 Å². The SMILES string of the molecule is Cc1ncc2c(n1)CN(Cc1nc(-c3cccs3)no1)CC2. The van der Waals surface area contributed by atoms with E-state index in [2.05, 4.69) is 25.0 Å². The van der Waals surface area contributed by atoms with E-state index in [1.807, 2.05) is 30.6 Å². The van der Waals surface area contributed by atoms with Crippen molar-refractivity contribution < 1.29 is 4.52 Å². The predicted octanol–water partition coefficient (Wildman–Crippen LogP) is 2.45. The molecule has 0 fully saturated rings. The zero-order valence-electron chi connectivity index (χ0n) is 12.2. The predicted molar refractivity (Wildman–Crippen MR) is 82.2 cm³/mol. The zero-order valence-corrected chi connectivity index (χ0v) is 13.0. The maximum absolute atomic E-state index is 5.37. The molecule has 0 unspecified atom stereocenters. The molecular weight excluding hydrogens is 298 g/mol. The molecule has 0 amide bonds. The average Bonchev–Trinajstić information content (AvgIpc) is 3.17. The van der Waals surface area contributed by atoms with Gasteiger partial charge in [0.05, 0.1) is 17.1 Å². The minimum absolute atomic E-state index is 0.651. The monoisotopic (exact) mass is 313 g/mol. The molecule has 4 rings (SSSR count). The largest absolute Gasteiger partial charge is 0.338 e. The maximum atomic E-state index is 5.37. The van der Waals surface area contributed by atoms with Gasteiger partial charge in [0, 0.05) is 19.3 Å². The molecule has 6 nitrogen and oxygen atoms in total. The highest BCUT2D eigenvalue weighted by molar-refractivity contribution is 7.13. The zero-order chi connectivity index (χ0) is 14.9. The van der Waals surface area contributed by atoms with Gasteiger partial charge in [0.2, 0.25) is 11.7 Å². The van der Waals surface area contributed by atoms with Gasteiger partial charge in [0.25, 0.3) is 0 Å². The number of hydrogen-bond donors (Lipinski definition) is 0. The minimum Gasteiger partial charge on any atom is -0.338 e. The third kappa shape index (κ3) is 2.65. The average molecular weight is 313 g/mol. The standard InChI is InChI=1S/C15H15N5OS/c1-10-16-7-11-4-5-20(8-12(11)17-10)9-14-18-15(19-21-14)13-3-2-6-22-13/h2-3,6-7H,4-5,8-9H2,1H3. The van der Waals surface area contributed by atoms with Crippen LogP contribution in [0.5, 0.6) is 0 Å². The summed E-state index contributed by atoms with van der Waals surface area (Å²) in [6, 6.07) is 3.98. The summed E-state index contributed by atoms with van der Waals surface area (Å²) in [5.74, 6) is 2.14. The van der Waals surface area contributed by atoms with E-state index in [0.29, 0.717) is 18.3 Å². The van der Waals surface area contributed by atoms with Crippen LogP contribution >= 0.6 is 11.3 Å². The molecule has 3 aromatic heterocycles. The van der Waals surface area contributed by atoms with E-state index in [1.54, 1.807) is 11.3 Å². The Morgan fingerprint density at radius 1 is 1.36 bits per heavy atom. The Balaban J connectivity index is 1.48. The van der Waals surface area contributed by atoms with Gasteiger partial charge in [-0.1, -0.05) is 11.2 Å². The van der Waals surface area contributed by atoms with Gasteiger partial charge in [0.15, 0.2) is 0 Å². The van der Waals surface area contributed by atoms with Crippen LogP contribution in [0.4, 0.5) is 0 Å². The highest BCUT2D eigenvalue weighted by atomic mass is 32.1. The smallest absolute Gasteiger partial charge is 0.241 e. The lowest BCUT2D eigenvalue weighted by Gasteiger charge is -2.26. The van der Waals surface area contributed by atoms with Gasteiger partial charge in [-0.3, -0.25) is 4.90 Å². The van der Waals surface area contributed by atoms with Crippen molar-refractivity contribution in [3.63, 3.8) is 0 Å². The first kappa shape index (κ1) is 13.5. The van der Waals surface area contributed by atoms with Crippen LogP contribution in [0.25, 0.3) is 10.7 Å². The Labute approximate surface area is 131 Å². The third-order valence-electron chi connectivity index (χ3n) is 3.71. The quantitative estimate of drug-likeness (QED) is 0.740. The molecule has 0 aromatic carbocycles. The molecule has 1 aliphatic rings. The number of rotatable bonds is 3. The van der Waals surface area contributed by atoms with E-state index in [4.69, 9.17) is 4.52 Å². The van der Waals surface area contributed by atoms with Crippen LogP contribution in [0.1, 0.15) is 23.0 Å². The normalized spacial score (nSPS) is 15.0. The summed E-state index contributed by atoms with van der Waals surface area (Å²) < 4.78 is 5.37. The minimum atomic E-state index is 0.651. The fourth-order valence-corrected chi connectivity index (χ4v) is 3.26. The van der Waals surface area contributed by atoms with Crippen molar-refractivity contribution in [2.24, 2.45) is 0 Å². The van der Waals surface area contributed by atoms with Gasteiger partial charge in [0.1, 0.15) is 5.82 Å². The van der Waals surface area contributed by atoms with E-state index >= 15 is 0 Å². The second kappa shape index (κ2) is 5.58. The first-order chi connectivity index (χ1) is 10.8. The molecular formula is C15H15N5OS. The summed E-state index contributed by atoms with van der Waals surface area (Å²) in [5.41, 5.74) is 2.35. The van der Waals surface area contributed by atoms with Crippen molar-refractivity contribution >= 4 is 11.3 Å². The van der Waals surface area contributed by atoms with Crippen molar-refractivity contribution in [1.29, 1.82) is 0 Å². The van der Waals surface area contributed by atoms with Crippen LogP contribution in [-0.2, 0) is 19.5 Å². The third-order valence-corrected chi connectivity index (χ3v) is 4.58. The van der Waals surface area contributed by atoms with E-state index in [0.717, 1.165) is 35.9 Å². The van der Waals surface area contributed by atoms with Crippen LogP contribution in [0.3, 0.4) is 0 Å². The van der Waals surface area contributed by atoms with Crippen LogP contribution in [-0.4, -0.2) is 31.6 Å². The lowest BCUT2D eigenvalue weighted by Crippen LogP contribution is -2.31. The molecule has 0 saturated heterocycles. The number of aryl methyl sites for hydroxylation is 1. The summed E-state index contributed by atoms with van der Waals surface area (Å²) in [5, 5.41) is 6.06. The van der Waals surface area contributed by atoms with Crippen LogP contribution in [0.15, 0.2) is 28.2 Å². The van der Waals surface area contributed by atoms with Crippen molar-refractivity contribution in [2.45, 2.75) is 26.4 Å². The lowest BCUT2D eigenvalue weighted by molar-refractivity contribution is 0.207. The summed E-state index contributed by atoms with van der Waals surface area (Å²) in [4.78, 5) is 16.6. The number of hydrogen-bond acceptors (Lipinski definition) is 7. The van der Waals surface area contributed by atoms with E-state index in [9.17, 15) is 0 Å². The van der Waals surface area contributed by atoms with E-state index < -0.39 is 0 Å². The molecule has 0 radical (unpaired) electrons. The van der Waals surface area contributed by atoms with Gasteiger partial charge < -0.3 is 4.52 Å². The van der Waals surface area contributed by atoms with Crippen molar-refractivity contribution in [3.05, 3.63) is 46.7 Å². The van der Waals surface area contributed by atoms with Crippen LogP contribution in [0.2, 0.25) is 0 Å². The molecule has 22 heavy (non-hydrogen) atoms. The first-order valence-corrected chi connectivity index (χ1v) is 8.06. The summed E-state index contributed by atoms with van der Waals surface area (Å²) >= 11 is 1.61. The van der Waals surface area contributed by atoms with Gasteiger partial charge in [-0.15, -0.1) is 11.3 Å².